The largest absolute Gasteiger partial charge is 0.354 e. The Kier molecular flexibility index (Phi) is 6.07. The van der Waals surface area contributed by atoms with Gasteiger partial charge in [-0.2, -0.15) is 4.31 Å². The van der Waals surface area contributed by atoms with Crippen LogP contribution < -0.4 is 5.32 Å². The smallest absolute Gasteiger partial charge is 0.244 e. The highest BCUT2D eigenvalue weighted by Crippen LogP contribution is 2.59. The number of sulfonamides is 1. The van der Waals surface area contributed by atoms with Crippen molar-refractivity contribution in [1.29, 1.82) is 0 Å². The molecular weight excluding hydrogens is 480 g/mol. The molecule has 5 aliphatic rings. The van der Waals surface area contributed by atoms with Crippen molar-refractivity contribution in [1.82, 2.24) is 9.62 Å². The van der Waals surface area contributed by atoms with E-state index in [4.69, 9.17) is 0 Å². The Morgan fingerprint density at radius 2 is 1.46 bits per heavy atom. The normalized spacial score (nSPS) is 30.8. The Hall–Kier alpha value is -2.18. The molecule has 1 atom stereocenters. The van der Waals surface area contributed by atoms with Gasteiger partial charge in [-0.05, 0) is 129 Å². The average Bonchev–Trinajstić information content (AvgIpc) is 2.84. The molecule has 4 bridgehead atoms. The van der Waals surface area contributed by atoms with Crippen LogP contribution in [0.25, 0.3) is 0 Å². The molecule has 198 valence electrons. The summed E-state index contributed by atoms with van der Waals surface area (Å²) in [7, 11) is -3.90. The fourth-order valence-corrected chi connectivity index (χ4v) is 10.7. The number of amides is 1. The number of benzene rings is 2. The zero-order valence-corrected chi connectivity index (χ0v) is 23.5. The highest BCUT2D eigenvalue weighted by molar-refractivity contribution is 7.89. The minimum absolute atomic E-state index is 0.145. The second kappa shape index (κ2) is 8.94. The van der Waals surface area contributed by atoms with E-state index in [0.717, 1.165) is 51.1 Å². The lowest BCUT2D eigenvalue weighted by atomic mass is 9.49. The van der Waals surface area contributed by atoms with Crippen LogP contribution in [0.1, 0.15) is 71.9 Å². The molecule has 6 heteroatoms. The summed E-state index contributed by atoms with van der Waals surface area (Å²) in [4.78, 5) is 14.2. The Balaban J connectivity index is 1.32. The molecular formula is C31H40N2O3S. The first kappa shape index (κ1) is 25.1. The number of hydrogen-bond acceptors (Lipinski definition) is 3. The second-order valence-electron chi connectivity index (χ2n) is 12.8. The van der Waals surface area contributed by atoms with Gasteiger partial charge in [-0.3, -0.25) is 4.79 Å². The van der Waals surface area contributed by atoms with Gasteiger partial charge in [-0.15, -0.1) is 0 Å². The van der Waals surface area contributed by atoms with Crippen LogP contribution in [0.5, 0.6) is 0 Å². The van der Waals surface area contributed by atoms with Gasteiger partial charge in [0.2, 0.25) is 15.9 Å². The minimum atomic E-state index is -3.90. The van der Waals surface area contributed by atoms with E-state index < -0.39 is 16.1 Å². The van der Waals surface area contributed by atoms with Gasteiger partial charge in [0.1, 0.15) is 6.04 Å². The van der Waals surface area contributed by atoms with Crippen LogP contribution in [0.3, 0.4) is 0 Å². The minimum Gasteiger partial charge on any atom is -0.354 e. The molecule has 0 unspecified atom stereocenters. The van der Waals surface area contributed by atoms with E-state index in [1.54, 1.807) is 0 Å². The van der Waals surface area contributed by atoms with Crippen molar-refractivity contribution in [3.63, 3.8) is 0 Å². The molecule has 1 amide bonds. The highest BCUT2D eigenvalue weighted by Gasteiger charge is 2.51. The highest BCUT2D eigenvalue weighted by atomic mass is 32.2. The number of carbonyl (C=O) groups is 1. The number of aryl methyl sites for hydroxylation is 2. The van der Waals surface area contributed by atoms with E-state index in [2.05, 4.69) is 5.32 Å². The number of nitrogens with one attached hydrogen (secondary N) is 1. The average molecular weight is 521 g/mol. The molecule has 1 N–H and O–H groups in total. The topological polar surface area (TPSA) is 66.5 Å². The van der Waals surface area contributed by atoms with Crippen molar-refractivity contribution in [2.24, 2.45) is 23.2 Å². The zero-order chi connectivity index (χ0) is 26.1. The van der Waals surface area contributed by atoms with Gasteiger partial charge in [-0.25, -0.2) is 8.42 Å². The zero-order valence-electron chi connectivity index (χ0n) is 22.6. The maximum Gasteiger partial charge on any atom is 0.244 e. The van der Waals surface area contributed by atoms with Crippen LogP contribution in [-0.4, -0.2) is 31.2 Å². The maximum absolute atomic E-state index is 14.3. The molecule has 1 aliphatic heterocycles. The van der Waals surface area contributed by atoms with Crippen LogP contribution in [0.4, 0.5) is 0 Å². The van der Waals surface area contributed by atoms with Crippen molar-refractivity contribution in [2.45, 2.75) is 90.1 Å². The molecule has 37 heavy (non-hydrogen) atoms. The van der Waals surface area contributed by atoms with Gasteiger partial charge in [0.15, 0.2) is 0 Å². The molecule has 0 radical (unpaired) electrons. The molecule has 0 saturated heterocycles. The molecule has 2 aromatic carbocycles. The second-order valence-corrected chi connectivity index (χ2v) is 14.6. The lowest BCUT2D eigenvalue weighted by Crippen LogP contribution is -2.56. The van der Waals surface area contributed by atoms with Gasteiger partial charge in [-0.1, -0.05) is 30.3 Å². The van der Waals surface area contributed by atoms with Gasteiger partial charge in [0, 0.05) is 13.1 Å². The summed E-state index contributed by atoms with van der Waals surface area (Å²) in [5, 5.41) is 3.30. The lowest BCUT2D eigenvalue weighted by molar-refractivity contribution is -0.127. The SMILES string of the molecule is Cc1cc(C)c(C)c(S(=O)(=O)N2Cc3ccccc3C[C@H]2C(=O)NCC23CC4CC(CC(C4)C2)C3)c1C. The Morgan fingerprint density at radius 1 is 0.919 bits per heavy atom. The summed E-state index contributed by atoms with van der Waals surface area (Å²) < 4.78 is 30.1. The van der Waals surface area contributed by atoms with Gasteiger partial charge in [0.25, 0.3) is 0 Å². The van der Waals surface area contributed by atoms with E-state index >= 15 is 0 Å². The molecule has 1 heterocycles. The van der Waals surface area contributed by atoms with Crippen molar-refractivity contribution < 1.29 is 13.2 Å². The molecule has 0 spiro atoms. The number of carbonyl (C=O) groups excluding carboxylic acids is 1. The molecule has 5 nitrogen and oxygen atoms in total. The molecule has 4 saturated carbocycles. The Labute approximate surface area is 222 Å². The molecule has 2 aromatic rings. The standard InChI is InChI=1S/C31H40N2O3S/c1-19-9-20(2)22(4)29(21(19)3)37(35,36)33-17-27-8-6-5-7-26(27)13-28(33)30(34)32-18-31-14-23-10-24(15-31)12-25(11-23)16-31/h5-9,23-25,28H,10-18H2,1-4H3,(H,32,34)/t23?,24?,25?,28-,31?/m0/s1. The van der Waals surface area contributed by atoms with E-state index in [9.17, 15) is 13.2 Å². The van der Waals surface area contributed by atoms with Crippen molar-refractivity contribution in [2.75, 3.05) is 6.54 Å². The summed E-state index contributed by atoms with van der Waals surface area (Å²) in [5.41, 5.74) is 5.73. The van der Waals surface area contributed by atoms with Crippen LogP contribution in [-0.2, 0) is 27.8 Å². The van der Waals surface area contributed by atoms with Crippen LogP contribution in [0.2, 0.25) is 0 Å². The van der Waals surface area contributed by atoms with E-state index in [1.807, 2.05) is 58.0 Å². The van der Waals surface area contributed by atoms with E-state index in [-0.39, 0.29) is 17.9 Å². The van der Waals surface area contributed by atoms with Crippen LogP contribution >= 0.6 is 0 Å². The van der Waals surface area contributed by atoms with Gasteiger partial charge >= 0.3 is 0 Å². The predicted molar refractivity (Wildman–Crippen MR) is 146 cm³/mol. The monoisotopic (exact) mass is 520 g/mol. The first-order chi connectivity index (χ1) is 17.6. The maximum atomic E-state index is 14.3. The summed E-state index contributed by atoms with van der Waals surface area (Å²) >= 11 is 0. The first-order valence-corrected chi connectivity index (χ1v) is 15.4. The number of fused-ring (bicyclic) bond motifs is 1. The third kappa shape index (κ3) is 4.24. The Bertz CT molecular complexity index is 1300. The third-order valence-corrected chi connectivity index (χ3v) is 12.3. The summed E-state index contributed by atoms with van der Waals surface area (Å²) in [6.07, 6.45) is 8.17. The van der Waals surface area contributed by atoms with Crippen molar-refractivity contribution in [3.05, 3.63) is 63.7 Å². The fraction of sp³-hybridized carbons (Fsp3) is 0.581. The first-order valence-electron chi connectivity index (χ1n) is 14.0. The molecule has 7 rings (SSSR count). The quantitative estimate of drug-likeness (QED) is 0.577. The van der Waals surface area contributed by atoms with Gasteiger partial charge in [0.05, 0.1) is 4.90 Å². The summed E-state index contributed by atoms with van der Waals surface area (Å²) in [6.45, 7) is 8.59. The lowest BCUT2D eigenvalue weighted by Gasteiger charge is -2.57. The van der Waals surface area contributed by atoms with E-state index in [0.29, 0.717) is 17.9 Å². The van der Waals surface area contributed by atoms with Gasteiger partial charge < -0.3 is 5.32 Å². The number of hydrogen-bond donors (Lipinski definition) is 1. The molecule has 0 aromatic heterocycles. The third-order valence-electron chi connectivity index (χ3n) is 10.2. The van der Waals surface area contributed by atoms with Crippen LogP contribution in [0.15, 0.2) is 35.2 Å². The predicted octanol–water partition coefficient (Wildman–Crippen LogP) is 5.37. The Morgan fingerprint density at radius 3 is 2.03 bits per heavy atom. The van der Waals surface area contributed by atoms with Crippen molar-refractivity contribution in [3.8, 4) is 0 Å². The summed E-state index contributed by atoms with van der Waals surface area (Å²) in [5.74, 6) is 2.31. The molecule has 4 aliphatic carbocycles. The van der Waals surface area contributed by atoms with E-state index in [1.165, 1.54) is 42.8 Å². The number of nitrogens with zero attached hydrogens (tertiary/aromatic N) is 1. The molecule has 4 fully saturated rings. The van der Waals surface area contributed by atoms with Crippen LogP contribution in [0, 0.1) is 50.9 Å². The fourth-order valence-electron chi connectivity index (χ4n) is 8.56. The number of rotatable bonds is 5. The van der Waals surface area contributed by atoms with Crippen molar-refractivity contribution >= 4 is 15.9 Å². The summed E-state index contributed by atoms with van der Waals surface area (Å²) in [6, 6.07) is 9.25.